The molecule has 1 atom stereocenters. The molecule has 0 N–H and O–H groups in total. The maximum atomic E-state index is 12.9. The van der Waals surface area contributed by atoms with E-state index in [4.69, 9.17) is 9.47 Å². The molecule has 30 heavy (non-hydrogen) atoms. The van der Waals surface area contributed by atoms with Gasteiger partial charge >= 0.3 is 18.2 Å². The van der Waals surface area contributed by atoms with E-state index in [0.29, 0.717) is 19.4 Å². The number of alkyl halides is 3. The number of piperidine rings is 1. The van der Waals surface area contributed by atoms with Gasteiger partial charge in [-0.05, 0) is 65.5 Å². The van der Waals surface area contributed by atoms with Crippen molar-refractivity contribution in [1.29, 1.82) is 0 Å². The summed E-state index contributed by atoms with van der Waals surface area (Å²) in [5.41, 5.74) is -2.42. The molecule has 1 aliphatic rings. The van der Waals surface area contributed by atoms with E-state index < -0.39 is 34.9 Å². The fraction of sp³-hybridized carbons (Fsp3) is 0.667. The van der Waals surface area contributed by atoms with Gasteiger partial charge in [0.1, 0.15) is 11.3 Å². The number of ether oxygens (including phenoxy) is 2. The van der Waals surface area contributed by atoms with Crippen LogP contribution < -0.4 is 0 Å². The summed E-state index contributed by atoms with van der Waals surface area (Å²) in [6.45, 7) is 7.67. The smallest absolute Gasteiger partial charge is 0.433 e. The third-order valence-electron chi connectivity index (χ3n) is 4.89. The molecule has 1 fully saturated rings. The molecule has 2 heterocycles. The maximum absolute atomic E-state index is 12.9. The summed E-state index contributed by atoms with van der Waals surface area (Å²) >= 11 is 0. The predicted molar refractivity (Wildman–Crippen MR) is 104 cm³/mol. The monoisotopic (exact) mass is 430 g/mol. The summed E-state index contributed by atoms with van der Waals surface area (Å²) in [5.74, 6) is -0.453. The van der Waals surface area contributed by atoms with Gasteiger partial charge in [-0.2, -0.15) is 13.2 Å². The first-order chi connectivity index (χ1) is 13.9. The van der Waals surface area contributed by atoms with Crippen LogP contribution in [0.15, 0.2) is 18.2 Å². The number of halogens is 3. The van der Waals surface area contributed by atoms with E-state index in [1.807, 2.05) is 0 Å². The van der Waals surface area contributed by atoms with Crippen molar-refractivity contribution >= 4 is 12.1 Å². The van der Waals surface area contributed by atoms with Gasteiger partial charge in [-0.25, -0.2) is 9.78 Å². The van der Waals surface area contributed by atoms with Crippen molar-refractivity contribution in [2.24, 2.45) is 5.41 Å². The quantitative estimate of drug-likeness (QED) is 0.638. The lowest BCUT2D eigenvalue weighted by molar-refractivity contribution is -0.159. The third kappa shape index (κ3) is 6.34. The fourth-order valence-corrected chi connectivity index (χ4v) is 3.52. The Morgan fingerprint density at radius 1 is 1.23 bits per heavy atom. The summed E-state index contributed by atoms with van der Waals surface area (Å²) in [5, 5.41) is 0. The highest BCUT2D eigenvalue weighted by atomic mass is 19.4. The standard InChI is InChI=1S/C21H29F3N2O4/c1-5-29-17(27)20(11-7-13-26(14-20)18(28)30-19(2,3)4)12-10-15-8-6-9-16(25-15)21(22,23)24/h6,8-9H,5,7,10-14H2,1-4H3. The average Bonchev–Trinajstić information content (AvgIpc) is 2.65. The Labute approximate surface area is 174 Å². The second kappa shape index (κ2) is 9.22. The van der Waals surface area contributed by atoms with Crippen molar-refractivity contribution in [2.75, 3.05) is 19.7 Å². The lowest BCUT2D eigenvalue weighted by atomic mass is 9.76. The summed E-state index contributed by atoms with van der Waals surface area (Å²) in [6.07, 6.45) is -3.64. The minimum Gasteiger partial charge on any atom is -0.466 e. The molecule has 1 aromatic heterocycles. The topological polar surface area (TPSA) is 68.7 Å². The van der Waals surface area contributed by atoms with Crippen LogP contribution >= 0.6 is 0 Å². The summed E-state index contributed by atoms with van der Waals surface area (Å²) in [7, 11) is 0. The first-order valence-electron chi connectivity index (χ1n) is 10.0. The second-order valence-corrected chi connectivity index (χ2v) is 8.52. The lowest BCUT2D eigenvalue weighted by Crippen LogP contribution is -2.51. The number of amides is 1. The van der Waals surface area contributed by atoms with Crippen molar-refractivity contribution in [3.8, 4) is 0 Å². The van der Waals surface area contributed by atoms with Crippen LogP contribution in [0.25, 0.3) is 0 Å². The molecule has 0 spiro atoms. The van der Waals surface area contributed by atoms with Gasteiger partial charge in [-0.1, -0.05) is 6.07 Å². The zero-order valence-electron chi connectivity index (χ0n) is 17.8. The summed E-state index contributed by atoms with van der Waals surface area (Å²) in [6, 6.07) is 3.72. The number of nitrogens with zero attached hydrogens (tertiary/aromatic N) is 2. The molecule has 1 amide bonds. The Balaban J connectivity index is 2.21. The normalized spacial score (nSPS) is 20.0. The number of likely N-dealkylation sites (tertiary alicyclic amines) is 1. The van der Waals surface area contributed by atoms with Crippen molar-refractivity contribution in [2.45, 2.75) is 65.2 Å². The fourth-order valence-electron chi connectivity index (χ4n) is 3.52. The Morgan fingerprint density at radius 2 is 1.93 bits per heavy atom. The number of pyridine rings is 1. The SMILES string of the molecule is CCOC(=O)C1(CCc2cccc(C(F)(F)F)n2)CCCN(C(=O)OC(C)(C)C)C1. The van der Waals surface area contributed by atoms with Crippen molar-refractivity contribution in [1.82, 2.24) is 9.88 Å². The molecular weight excluding hydrogens is 401 g/mol. The maximum Gasteiger partial charge on any atom is 0.433 e. The Morgan fingerprint density at radius 3 is 2.53 bits per heavy atom. The number of rotatable bonds is 5. The highest BCUT2D eigenvalue weighted by Gasteiger charge is 2.45. The third-order valence-corrected chi connectivity index (χ3v) is 4.89. The first kappa shape index (κ1) is 24.0. The highest BCUT2D eigenvalue weighted by molar-refractivity contribution is 5.79. The number of hydrogen-bond acceptors (Lipinski definition) is 5. The van der Waals surface area contributed by atoms with E-state index in [1.54, 1.807) is 27.7 Å². The van der Waals surface area contributed by atoms with Gasteiger partial charge in [-0.15, -0.1) is 0 Å². The van der Waals surface area contributed by atoms with Crippen LogP contribution in [0.2, 0.25) is 0 Å². The molecule has 1 aromatic rings. The van der Waals surface area contributed by atoms with E-state index >= 15 is 0 Å². The highest BCUT2D eigenvalue weighted by Crippen LogP contribution is 2.37. The number of aromatic nitrogens is 1. The second-order valence-electron chi connectivity index (χ2n) is 8.52. The number of hydrogen-bond donors (Lipinski definition) is 0. The number of carbonyl (C=O) groups excluding carboxylic acids is 2. The van der Waals surface area contributed by atoms with E-state index in [0.717, 1.165) is 6.07 Å². The van der Waals surface area contributed by atoms with Gasteiger partial charge in [0.2, 0.25) is 0 Å². The van der Waals surface area contributed by atoms with E-state index in [-0.39, 0.29) is 31.7 Å². The van der Waals surface area contributed by atoms with Crippen molar-refractivity contribution < 1.29 is 32.2 Å². The largest absolute Gasteiger partial charge is 0.466 e. The molecule has 0 aliphatic carbocycles. The van der Waals surface area contributed by atoms with Gasteiger partial charge in [0.05, 0.1) is 12.0 Å². The van der Waals surface area contributed by atoms with Crippen LogP contribution in [0.1, 0.15) is 58.3 Å². The molecule has 1 aliphatic heterocycles. The van der Waals surface area contributed by atoms with Gasteiger partial charge in [-0.3, -0.25) is 4.79 Å². The Kier molecular flexibility index (Phi) is 7.36. The molecule has 168 valence electrons. The minimum absolute atomic E-state index is 0.0969. The Bertz CT molecular complexity index is 761. The zero-order chi connectivity index (χ0) is 22.6. The molecule has 0 saturated carbocycles. The van der Waals surface area contributed by atoms with E-state index in [2.05, 4.69) is 4.98 Å². The zero-order valence-corrected chi connectivity index (χ0v) is 17.8. The van der Waals surface area contributed by atoms with Crippen LogP contribution in [-0.2, 0) is 26.9 Å². The number of aryl methyl sites for hydroxylation is 1. The first-order valence-corrected chi connectivity index (χ1v) is 10.0. The molecule has 9 heteroatoms. The van der Waals surface area contributed by atoms with Crippen LogP contribution in [0, 0.1) is 5.41 Å². The number of carbonyl (C=O) groups is 2. The average molecular weight is 430 g/mol. The van der Waals surface area contributed by atoms with Crippen molar-refractivity contribution in [3.63, 3.8) is 0 Å². The van der Waals surface area contributed by atoms with Crippen LogP contribution in [-0.4, -0.2) is 47.2 Å². The molecular formula is C21H29F3N2O4. The molecule has 0 aromatic carbocycles. The summed E-state index contributed by atoms with van der Waals surface area (Å²) in [4.78, 5) is 30.5. The van der Waals surface area contributed by atoms with Gasteiger partial charge in [0.25, 0.3) is 0 Å². The number of esters is 1. The Hall–Kier alpha value is -2.32. The van der Waals surface area contributed by atoms with Gasteiger partial charge in [0.15, 0.2) is 0 Å². The van der Waals surface area contributed by atoms with Crippen molar-refractivity contribution in [3.05, 3.63) is 29.6 Å². The lowest BCUT2D eigenvalue weighted by Gasteiger charge is -2.41. The summed E-state index contributed by atoms with van der Waals surface area (Å²) < 4.78 is 49.5. The molecule has 2 rings (SSSR count). The van der Waals surface area contributed by atoms with E-state index in [1.165, 1.54) is 17.0 Å². The molecule has 1 unspecified atom stereocenters. The van der Waals surface area contributed by atoms with Crippen LogP contribution in [0.3, 0.4) is 0 Å². The molecule has 1 saturated heterocycles. The molecule has 6 nitrogen and oxygen atoms in total. The molecule has 0 bridgehead atoms. The van der Waals surface area contributed by atoms with E-state index in [9.17, 15) is 22.8 Å². The van der Waals surface area contributed by atoms with Gasteiger partial charge in [0, 0.05) is 18.8 Å². The van der Waals surface area contributed by atoms with Crippen LogP contribution in [0.5, 0.6) is 0 Å². The molecule has 0 radical (unpaired) electrons. The minimum atomic E-state index is -4.53. The van der Waals surface area contributed by atoms with Gasteiger partial charge < -0.3 is 14.4 Å². The predicted octanol–water partition coefficient (Wildman–Crippen LogP) is 4.61. The van der Waals surface area contributed by atoms with Crippen LogP contribution in [0.4, 0.5) is 18.0 Å².